The zero-order valence-electron chi connectivity index (χ0n) is 21.2. The summed E-state index contributed by atoms with van der Waals surface area (Å²) in [6.07, 6.45) is 6.96. The van der Waals surface area contributed by atoms with Gasteiger partial charge in [-0.1, -0.05) is 11.8 Å². The van der Waals surface area contributed by atoms with Gasteiger partial charge >= 0.3 is 6.09 Å². The minimum absolute atomic E-state index is 0.289. The smallest absolute Gasteiger partial charge is 0.410 e. The van der Waals surface area contributed by atoms with Crippen LogP contribution in [0.1, 0.15) is 20.8 Å². The molecule has 1 atom stereocenters. The highest BCUT2D eigenvalue weighted by Crippen LogP contribution is 2.33. The molecule has 1 radical (unpaired) electrons. The van der Waals surface area contributed by atoms with Gasteiger partial charge in [0.2, 0.25) is 11.1 Å². The maximum absolute atomic E-state index is 12.4. The van der Waals surface area contributed by atoms with Gasteiger partial charge in [0.05, 0.1) is 25.2 Å². The van der Waals surface area contributed by atoms with Crippen LogP contribution in [0.15, 0.2) is 46.8 Å². The summed E-state index contributed by atoms with van der Waals surface area (Å²) in [5.41, 5.74) is 10.2. The van der Waals surface area contributed by atoms with Gasteiger partial charge in [0.15, 0.2) is 6.20 Å². The number of methoxy groups -OCH3 is 1. The van der Waals surface area contributed by atoms with Crippen molar-refractivity contribution in [1.29, 1.82) is 0 Å². The van der Waals surface area contributed by atoms with Crippen LogP contribution in [-0.4, -0.2) is 78.9 Å². The van der Waals surface area contributed by atoms with Crippen molar-refractivity contribution in [1.82, 2.24) is 14.8 Å². The Bertz CT molecular complexity index is 1110. The predicted octanol–water partition coefficient (Wildman–Crippen LogP) is 2.43. The van der Waals surface area contributed by atoms with Crippen LogP contribution in [0.25, 0.3) is 0 Å². The SMILES string of the molecule is COc1cc(N2CCN(C(=O)OC(C)(C)C)CC2)ccc1NN1C=C(SC)[N+]2C=CN=C2C1C(N)=O. The molecule has 0 aliphatic carbocycles. The molecule has 0 bridgehead atoms. The van der Waals surface area contributed by atoms with E-state index in [-0.39, 0.29) is 6.09 Å². The van der Waals surface area contributed by atoms with Crippen LogP contribution in [0.3, 0.4) is 0 Å². The molecule has 4 rings (SSSR count). The highest BCUT2D eigenvalue weighted by molar-refractivity contribution is 8.02. The van der Waals surface area contributed by atoms with E-state index in [4.69, 9.17) is 15.2 Å². The second-order valence-electron chi connectivity index (χ2n) is 9.49. The van der Waals surface area contributed by atoms with Gasteiger partial charge < -0.3 is 25.0 Å². The van der Waals surface area contributed by atoms with Crippen LogP contribution in [0.5, 0.6) is 5.75 Å². The number of hydrogen-bond acceptors (Lipinski definition) is 10. The zero-order valence-corrected chi connectivity index (χ0v) is 22.0. The fourth-order valence-corrected chi connectivity index (χ4v) is 4.75. The number of carbonyl (C=O) groups excluding carboxylic acids is 2. The van der Waals surface area contributed by atoms with Crippen molar-refractivity contribution in [2.45, 2.75) is 32.4 Å². The number of nitrogens with one attached hydrogen (secondary N) is 1. The molecule has 1 aromatic carbocycles. The van der Waals surface area contributed by atoms with Gasteiger partial charge in [-0.05, 0) is 44.1 Å². The van der Waals surface area contributed by atoms with Crippen molar-refractivity contribution in [3.8, 4) is 5.75 Å². The topological polar surface area (TPSA) is 119 Å². The maximum atomic E-state index is 12.4. The summed E-state index contributed by atoms with van der Waals surface area (Å²) in [5, 5.41) is 2.55. The first-order chi connectivity index (χ1) is 17.1. The number of fused-ring (bicyclic) bond motifs is 1. The van der Waals surface area contributed by atoms with Gasteiger partial charge in [0.25, 0.3) is 11.7 Å². The first kappa shape index (κ1) is 25.7. The molecule has 3 heterocycles. The minimum Gasteiger partial charge on any atom is -0.494 e. The Morgan fingerprint density at radius 3 is 2.56 bits per heavy atom. The van der Waals surface area contributed by atoms with Crippen LogP contribution >= 0.6 is 11.8 Å². The third kappa shape index (κ3) is 5.39. The lowest BCUT2D eigenvalue weighted by molar-refractivity contribution is -0.120. The number of piperazine rings is 1. The van der Waals surface area contributed by atoms with Crippen molar-refractivity contribution in [3.05, 3.63) is 41.8 Å². The molecule has 3 aliphatic heterocycles. The van der Waals surface area contributed by atoms with E-state index >= 15 is 0 Å². The molecule has 1 aromatic rings. The Hall–Kier alpha value is -3.38. The van der Waals surface area contributed by atoms with Crippen LogP contribution in [0.2, 0.25) is 0 Å². The number of nitrogens with two attached hydrogens (primary N) is 1. The van der Waals surface area contributed by atoms with E-state index in [1.807, 2.05) is 62.5 Å². The number of hydrogen-bond donors (Lipinski definition) is 2. The highest BCUT2D eigenvalue weighted by Gasteiger charge is 2.47. The van der Waals surface area contributed by atoms with Crippen LogP contribution in [-0.2, 0) is 9.53 Å². The van der Waals surface area contributed by atoms with Gasteiger partial charge in [0.1, 0.15) is 11.4 Å². The number of aliphatic imine (C=N–C) groups is 1. The molecule has 1 fully saturated rings. The summed E-state index contributed by atoms with van der Waals surface area (Å²) < 4.78 is 11.2. The number of rotatable bonds is 6. The highest BCUT2D eigenvalue weighted by atomic mass is 32.2. The summed E-state index contributed by atoms with van der Waals surface area (Å²) in [5.74, 6) is 0.628. The van der Waals surface area contributed by atoms with Crippen LogP contribution in [0, 0.1) is 0 Å². The van der Waals surface area contributed by atoms with Crippen molar-refractivity contribution in [2.75, 3.05) is 49.9 Å². The zero-order chi connectivity index (χ0) is 26.0. The Morgan fingerprint density at radius 1 is 1.22 bits per heavy atom. The van der Waals surface area contributed by atoms with E-state index in [9.17, 15) is 9.59 Å². The van der Waals surface area contributed by atoms with E-state index < -0.39 is 17.6 Å². The molecule has 3 aliphatic rings. The van der Waals surface area contributed by atoms with Crippen molar-refractivity contribution in [3.63, 3.8) is 0 Å². The molecule has 11 nitrogen and oxygen atoms in total. The molecule has 2 amide bonds. The number of amidine groups is 1. The van der Waals surface area contributed by atoms with Gasteiger partial charge in [-0.25, -0.2) is 4.79 Å². The molecule has 36 heavy (non-hydrogen) atoms. The maximum Gasteiger partial charge on any atom is 0.410 e. The normalized spacial score (nSPS) is 20.0. The number of anilines is 2. The van der Waals surface area contributed by atoms with Crippen LogP contribution in [0.4, 0.5) is 16.2 Å². The van der Waals surface area contributed by atoms with Gasteiger partial charge in [0, 0.05) is 37.9 Å². The molecule has 1 saturated heterocycles. The van der Waals surface area contributed by atoms with Crippen molar-refractivity contribution in [2.24, 2.45) is 10.7 Å². The molecule has 193 valence electrons. The molecule has 0 saturated carbocycles. The quantitative estimate of drug-likeness (QED) is 0.555. The number of ether oxygens (including phenoxy) is 2. The summed E-state index contributed by atoms with van der Waals surface area (Å²) >= 11 is 1.53. The van der Waals surface area contributed by atoms with Crippen molar-refractivity contribution >= 4 is 41.0 Å². The number of amides is 2. The first-order valence-electron chi connectivity index (χ1n) is 11.7. The molecule has 0 spiro atoms. The number of thioether (sulfide) groups is 1. The summed E-state index contributed by atoms with van der Waals surface area (Å²) in [7, 11) is 1.60. The molecule has 12 heteroatoms. The van der Waals surface area contributed by atoms with Gasteiger partial charge in [-0.2, -0.15) is 4.99 Å². The lowest BCUT2D eigenvalue weighted by Gasteiger charge is -2.37. The number of primary amides is 1. The molecule has 0 aromatic heterocycles. The lowest BCUT2D eigenvalue weighted by Crippen LogP contribution is -2.57. The lowest BCUT2D eigenvalue weighted by atomic mass is 10.2. The monoisotopic (exact) mass is 515 g/mol. The van der Waals surface area contributed by atoms with E-state index in [1.165, 1.54) is 11.8 Å². The Labute approximate surface area is 215 Å². The van der Waals surface area contributed by atoms with Crippen LogP contribution < -0.4 is 25.7 Å². The Balaban J connectivity index is 1.48. The third-order valence-electron chi connectivity index (χ3n) is 5.89. The minimum atomic E-state index is -0.791. The molecule has 3 N–H and O–H groups in total. The first-order valence-corrected chi connectivity index (χ1v) is 12.9. The number of benzene rings is 1. The average molecular weight is 516 g/mol. The second-order valence-corrected chi connectivity index (χ2v) is 10.3. The second kappa shape index (κ2) is 10.3. The van der Waals surface area contributed by atoms with Crippen molar-refractivity contribution < 1.29 is 19.1 Å². The Kier molecular flexibility index (Phi) is 7.36. The third-order valence-corrected chi connectivity index (χ3v) is 6.61. The summed E-state index contributed by atoms with van der Waals surface area (Å²) in [4.78, 5) is 34.9. The summed E-state index contributed by atoms with van der Waals surface area (Å²) in [6.45, 7) is 8.08. The molecule has 1 unspecified atom stereocenters. The number of carbonyl (C=O) groups is 2. The Morgan fingerprint density at radius 2 is 1.94 bits per heavy atom. The standard InChI is InChI=1S/C24H33N7O4S/c1-24(2,3)35-23(33)29-12-10-28(11-13-29)16-6-7-17(18(14-16)34-4)27-31-15-19(36-5)30-9-8-26-22(30)20(31)21(25)32/h6-9,14-15,20,27H,10-13H2,1-5H3,(H2,25,32)/q+1. The number of hydrazine groups is 1. The molecular formula is C24H33N7O4S+. The largest absolute Gasteiger partial charge is 0.494 e. The molecular weight excluding hydrogens is 482 g/mol. The van der Waals surface area contributed by atoms with E-state index in [0.29, 0.717) is 43.5 Å². The van der Waals surface area contributed by atoms with E-state index in [2.05, 4.69) is 15.3 Å². The summed E-state index contributed by atoms with van der Waals surface area (Å²) in [6, 6.07) is 5.04. The predicted molar refractivity (Wildman–Crippen MR) is 142 cm³/mol. The fraction of sp³-hybridized carbons (Fsp3) is 0.458. The van der Waals surface area contributed by atoms with E-state index in [1.54, 1.807) is 23.2 Å². The average Bonchev–Trinajstić information content (AvgIpc) is 3.32. The van der Waals surface area contributed by atoms with Gasteiger partial charge in [-0.15, -0.1) is 0 Å². The van der Waals surface area contributed by atoms with E-state index in [0.717, 1.165) is 10.7 Å². The number of nitrogens with zero attached hydrogens (tertiary/aromatic N) is 5. The van der Waals surface area contributed by atoms with Gasteiger partial charge in [-0.3, -0.25) is 15.2 Å². The fourth-order valence-electron chi connectivity index (χ4n) is 4.18.